The normalized spacial score (nSPS) is 21.7. The van der Waals surface area contributed by atoms with Gasteiger partial charge in [0.1, 0.15) is 0 Å². The van der Waals surface area contributed by atoms with Crippen molar-refractivity contribution in [2.24, 2.45) is 5.92 Å². The molecule has 1 rings (SSSR count). The van der Waals surface area contributed by atoms with Crippen LogP contribution in [0.25, 0.3) is 0 Å². The van der Waals surface area contributed by atoms with Crippen LogP contribution in [0.2, 0.25) is 0 Å². The molecule has 1 N–H and O–H groups in total. The van der Waals surface area contributed by atoms with E-state index in [4.69, 9.17) is 4.74 Å². The van der Waals surface area contributed by atoms with Crippen molar-refractivity contribution in [1.29, 1.82) is 0 Å². The maximum Gasteiger partial charge on any atom is 0.306 e. The van der Waals surface area contributed by atoms with Crippen LogP contribution < -0.4 is 0 Å². The van der Waals surface area contributed by atoms with Crippen molar-refractivity contribution in [3.63, 3.8) is 0 Å². The number of epoxide rings is 1. The molecule has 1 aliphatic heterocycles. The van der Waals surface area contributed by atoms with Crippen LogP contribution in [0.15, 0.2) is 0 Å². The first kappa shape index (κ1) is 19.5. The van der Waals surface area contributed by atoms with Crippen molar-refractivity contribution in [3.8, 4) is 0 Å². The molecule has 1 fully saturated rings. The van der Waals surface area contributed by atoms with Crippen LogP contribution in [-0.2, 0) is 9.53 Å². The molecule has 3 nitrogen and oxygen atoms in total. The average molecular weight is 312 g/mol. The van der Waals surface area contributed by atoms with Crippen LogP contribution in [-0.4, -0.2) is 23.3 Å². The minimum absolute atomic E-state index is 0.160. The molecule has 3 unspecified atom stereocenters. The third kappa shape index (κ3) is 8.77. The largest absolute Gasteiger partial charge is 0.481 e. The van der Waals surface area contributed by atoms with Crippen molar-refractivity contribution in [1.82, 2.24) is 0 Å². The van der Waals surface area contributed by atoms with Crippen molar-refractivity contribution in [2.75, 3.05) is 0 Å². The van der Waals surface area contributed by atoms with Gasteiger partial charge in [0.05, 0.1) is 18.1 Å². The molecule has 0 aromatic carbocycles. The third-order valence-corrected chi connectivity index (χ3v) is 4.83. The monoisotopic (exact) mass is 312 g/mol. The smallest absolute Gasteiger partial charge is 0.306 e. The summed E-state index contributed by atoms with van der Waals surface area (Å²) in [4.78, 5) is 11.4. The summed E-state index contributed by atoms with van der Waals surface area (Å²) < 4.78 is 5.67. The Morgan fingerprint density at radius 3 is 2.14 bits per heavy atom. The number of hydrogen-bond donors (Lipinski definition) is 1. The highest BCUT2D eigenvalue weighted by atomic mass is 16.6. The van der Waals surface area contributed by atoms with Crippen molar-refractivity contribution < 1.29 is 14.6 Å². The van der Waals surface area contributed by atoms with Gasteiger partial charge in [-0.25, -0.2) is 0 Å². The van der Waals surface area contributed by atoms with Crippen LogP contribution in [0.3, 0.4) is 0 Å². The number of aliphatic carboxylic acids is 1. The van der Waals surface area contributed by atoms with E-state index in [9.17, 15) is 9.90 Å². The molecular formula is C19H36O3. The minimum atomic E-state index is -0.614. The van der Waals surface area contributed by atoms with Gasteiger partial charge in [-0.2, -0.15) is 0 Å². The lowest BCUT2D eigenvalue weighted by atomic mass is 9.94. The molecule has 0 saturated carbocycles. The van der Waals surface area contributed by atoms with E-state index >= 15 is 0 Å². The molecule has 1 heterocycles. The summed E-state index contributed by atoms with van der Waals surface area (Å²) in [5, 5.41) is 9.35. The lowest BCUT2D eigenvalue weighted by Crippen LogP contribution is -2.14. The standard InChI is InChI=1S/C19H36O3/c1-3-5-7-8-9-11-12-16(19(20)21)14-15-18-17(22-18)13-10-6-4-2/h16-18H,3-15H2,1-2H3,(H,20,21). The van der Waals surface area contributed by atoms with E-state index in [1.54, 1.807) is 0 Å². The van der Waals surface area contributed by atoms with Crippen molar-refractivity contribution in [2.45, 2.75) is 110 Å². The zero-order chi connectivity index (χ0) is 16.2. The molecule has 22 heavy (non-hydrogen) atoms. The Morgan fingerprint density at radius 1 is 0.864 bits per heavy atom. The highest BCUT2D eigenvalue weighted by molar-refractivity contribution is 5.69. The van der Waals surface area contributed by atoms with Gasteiger partial charge in [-0.15, -0.1) is 0 Å². The summed E-state index contributed by atoms with van der Waals surface area (Å²) in [5.74, 6) is -0.775. The Bertz CT molecular complexity index is 290. The second-order valence-corrected chi connectivity index (χ2v) is 6.88. The van der Waals surface area contributed by atoms with E-state index < -0.39 is 5.97 Å². The molecular weight excluding hydrogens is 276 g/mol. The second-order valence-electron chi connectivity index (χ2n) is 6.88. The topological polar surface area (TPSA) is 49.8 Å². The number of unbranched alkanes of at least 4 members (excludes halogenated alkanes) is 7. The predicted molar refractivity (Wildman–Crippen MR) is 91.2 cm³/mol. The fourth-order valence-corrected chi connectivity index (χ4v) is 3.21. The summed E-state index contributed by atoms with van der Waals surface area (Å²) in [6.45, 7) is 4.43. The van der Waals surface area contributed by atoms with Gasteiger partial charge in [-0.3, -0.25) is 4.79 Å². The molecule has 1 saturated heterocycles. The zero-order valence-corrected chi connectivity index (χ0v) is 14.7. The summed E-state index contributed by atoms with van der Waals surface area (Å²) in [5.41, 5.74) is 0. The number of carboxylic acid groups (broad SMARTS) is 1. The molecule has 0 aromatic rings. The first-order chi connectivity index (χ1) is 10.7. The quantitative estimate of drug-likeness (QED) is 0.318. The Hall–Kier alpha value is -0.570. The highest BCUT2D eigenvalue weighted by Crippen LogP contribution is 2.33. The molecule has 0 radical (unpaired) electrons. The van der Waals surface area contributed by atoms with E-state index in [-0.39, 0.29) is 5.92 Å². The van der Waals surface area contributed by atoms with Gasteiger partial charge in [0, 0.05) is 0 Å². The Kier molecular flexibility index (Phi) is 10.6. The fraction of sp³-hybridized carbons (Fsp3) is 0.947. The van der Waals surface area contributed by atoms with Gasteiger partial charge in [0.2, 0.25) is 0 Å². The molecule has 3 heteroatoms. The van der Waals surface area contributed by atoms with E-state index in [0.29, 0.717) is 12.2 Å². The molecule has 0 spiro atoms. The number of carbonyl (C=O) groups is 1. The first-order valence-corrected chi connectivity index (χ1v) is 9.57. The van der Waals surface area contributed by atoms with Gasteiger partial charge < -0.3 is 9.84 Å². The number of hydrogen-bond acceptors (Lipinski definition) is 2. The Labute approximate surface area is 136 Å². The second kappa shape index (κ2) is 11.9. The van der Waals surface area contributed by atoms with E-state index in [1.165, 1.54) is 51.4 Å². The van der Waals surface area contributed by atoms with Gasteiger partial charge in [-0.05, 0) is 25.7 Å². The molecule has 0 aliphatic carbocycles. The van der Waals surface area contributed by atoms with Gasteiger partial charge in [0.15, 0.2) is 0 Å². The molecule has 130 valence electrons. The van der Waals surface area contributed by atoms with Gasteiger partial charge >= 0.3 is 5.97 Å². The van der Waals surface area contributed by atoms with E-state index in [1.807, 2.05) is 0 Å². The Balaban J connectivity index is 2.06. The average Bonchev–Trinajstić information content (AvgIpc) is 3.24. The van der Waals surface area contributed by atoms with Crippen molar-refractivity contribution in [3.05, 3.63) is 0 Å². The summed E-state index contributed by atoms with van der Waals surface area (Å²) in [7, 11) is 0. The summed E-state index contributed by atoms with van der Waals surface area (Å²) in [6.07, 6.45) is 15.6. The Morgan fingerprint density at radius 2 is 1.45 bits per heavy atom. The summed E-state index contributed by atoms with van der Waals surface area (Å²) >= 11 is 0. The van der Waals surface area contributed by atoms with E-state index in [0.717, 1.165) is 32.1 Å². The van der Waals surface area contributed by atoms with Crippen LogP contribution in [0.1, 0.15) is 97.3 Å². The van der Waals surface area contributed by atoms with Crippen molar-refractivity contribution >= 4 is 5.97 Å². The minimum Gasteiger partial charge on any atom is -0.481 e. The third-order valence-electron chi connectivity index (χ3n) is 4.83. The first-order valence-electron chi connectivity index (χ1n) is 9.57. The van der Waals surface area contributed by atoms with Crippen LogP contribution in [0.4, 0.5) is 0 Å². The summed E-state index contributed by atoms with van der Waals surface area (Å²) in [6, 6.07) is 0. The zero-order valence-electron chi connectivity index (χ0n) is 14.7. The van der Waals surface area contributed by atoms with Gasteiger partial charge in [0.25, 0.3) is 0 Å². The number of rotatable bonds is 15. The van der Waals surface area contributed by atoms with Crippen LogP contribution in [0.5, 0.6) is 0 Å². The number of ether oxygens (including phenoxy) is 1. The van der Waals surface area contributed by atoms with Gasteiger partial charge in [-0.1, -0.05) is 71.6 Å². The lowest BCUT2D eigenvalue weighted by Gasteiger charge is -2.11. The lowest BCUT2D eigenvalue weighted by molar-refractivity contribution is -0.142. The molecule has 0 bridgehead atoms. The molecule has 3 atom stereocenters. The fourth-order valence-electron chi connectivity index (χ4n) is 3.21. The van der Waals surface area contributed by atoms with E-state index in [2.05, 4.69) is 13.8 Å². The molecule has 1 aliphatic rings. The highest BCUT2D eigenvalue weighted by Gasteiger charge is 2.38. The van der Waals surface area contributed by atoms with Crippen LogP contribution in [0, 0.1) is 5.92 Å². The predicted octanol–water partition coefficient (Wildman–Crippen LogP) is 5.57. The number of carboxylic acids is 1. The SMILES string of the molecule is CCCCCCCCC(CCC1OC1CCCCC)C(=O)O. The molecule has 0 amide bonds. The van der Waals surface area contributed by atoms with Crippen LogP contribution >= 0.6 is 0 Å². The maximum absolute atomic E-state index is 11.4. The molecule has 0 aromatic heterocycles. The maximum atomic E-state index is 11.4.